The molecule has 102 valence electrons. The van der Waals surface area contributed by atoms with Gasteiger partial charge < -0.3 is 4.90 Å². The fourth-order valence-electron chi connectivity index (χ4n) is 2.67. The Morgan fingerprint density at radius 2 is 1.80 bits per heavy atom. The third-order valence-electron chi connectivity index (χ3n) is 3.77. The molecule has 2 aromatic rings. The molecule has 0 atom stereocenters. The maximum atomic E-state index is 4.82. The Hall–Kier alpha value is -2.09. The average molecular weight is 264 g/mol. The molecule has 1 aliphatic rings. The van der Waals surface area contributed by atoms with Gasteiger partial charge in [-0.1, -0.05) is 42.5 Å². The maximum Gasteiger partial charge on any atom is 0.111 e. The first-order chi connectivity index (χ1) is 9.66. The molecule has 2 aromatic carbocycles. The van der Waals surface area contributed by atoms with Gasteiger partial charge in [0.2, 0.25) is 0 Å². The van der Waals surface area contributed by atoms with Gasteiger partial charge >= 0.3 is 0 Å². The summed E-state index contributed by atoms with van der Waals surface area (Å²) in [6, 6.07) is 17.5. The molecule has 0 N–H and O–H groups in total. The zero-order chi connectivity index (χ0) is 14.1. The van der Waals surface area contributed by atoms with Crippen molar-refractivity contribution in [3.05, 3.63) is 65.2 Å². The molecule has 1 heterocycles. The Bertz CT molecular complexity index is 642. The Morgan fingerprint density at radius 3 is 2.50 bits per heavy atom. The number of anilines is 1. The minimum Gasteiger partial charge on any atom is -0.349 e. The van der Waals surface area contributed by atoms with Crippen molar-refractivity contribution < 1.29 is 0 Å². The smallest absolute Gasteiger partial charge is 0.111 e. The molecule has 2 heteroatoms. The van der Waals surface area contributed by atoms with E-state index in [0.29, 0.717) is 6.04 Å². The molecule has 0 bridgehead atoms. The van der Waals surface area contributed by atoms with E-state index < -0.39 is 0 Å². The molecule has 0 aliphatic carbocycles. The van der Waals surface area contributed by atoms with E-state index in [2.05, 4.69) is 68.1 Å². The second-order valence-corrected chi connectivity index (χ2v) is 5.60. The van der Waals surface area contributed by atoms with Gasteiger partial charge in [0.15, 0.2) is 0 Å². The third kappa shape index (κ3) is 2.22. The molecule has 0 unspecified atom stereocenters. The number of hydrogen-bond donors (Lipinski definition) is 0. The Morgan fingerprint density at radius 1 is 1.05 bits per heavy atom. The van der Waals surface area contributed by atoms with Gasteiger partial charge in [0.05, 0.1) is 5.71 Å². The number of nitrogens with zero attached hydrogens (tertiary/aromatic N) is 2. The molecule has 0 amide bonds. The van der Waals surface area contributed by atoms with Crippen molar-refractivity contribution in [3.8, 4) is 0 Å². The molecular formula is C18H20N2. The molecule has 0 saturated carbocycles. The summed E-state index contributed by atoms with van der Waals surface area (Å²) in [5, 5.41) is 0. The van der Waals surface area contributed by atoms with Crippen molar-refractivity contribution in [1.82, 2.24) is 0 Å². The lowest BCUT2D eigenvalue weighted by Gasteiger charge is -2.33. The molecule has 1 aliphatic heterocycles. The van der Waals surface area contributed by atoms with E-state index in [0.717, 1.165) is 12.4 Å². The molecule has 20 heavy (non-hydrogen) atoms. The summed E-state index contributed by atoms with van der Waals surface area (Å²) in [5.74, 6) is 0. The summed E-state index contributed by atoms with van der Waals surface area (Å²) >= 11 is 0. The number of aryl methyl sites for hydroxylation is 1. The summed E-state index contributed by atoms with van der Waals surface area (Å²) in [7, 11) is 0. The fourth-order valence-corrected chi connectivity index (χ4v) is 2.67. The summed E-state index contributed by atoms with van der Waals surface area (Å²) in [6.45, 7) is 7.31. The van der Waals surface area contributed by atoms with Crippen molar-refractivity contribution in [2.45, 2.75) is 26.8 Å². The van der Waals surface area contributed by atoms with E-state index in [-0.39, 0.29) is 0 Å². The summed E-state index contributed by atoms with van der Waals surface area (Å²) in [5.41, 5.74) is 6.14. The van der Waals surface area contributed by atoms with E-state index in [1.165, 1.54) is 22.4 Å². The van der Waals surface area contributed by atoms with Gasteiger partial charge in [-0.25, -0.2) is 0 Å². The van der Waals surface area contributed by atoms with Crippen LogP contribution in [0.3, 0.4) is 0 Å². The molecule has 0 fully saturated rings. The van der Waals surface area contributed by atoms with Gasteiger partial charge in [0, 0.05) is 22.9 Å². The minimum atomic E-state index is 0.455. The molecule has 0 spiro atoms. The van der Waals surface area contributed by atoms with Gasteiger partial charge in [0.1, 0.15) is 6.67 Å². The van der Waals surface area contributed by atoms with Crippen LogP contribution in [0.25, 0.3) is 0 Å². The first kappa shape index (κ1) is 12.9. The fraction of sp³-hybridized carbons (Fsp3) is 0.278. The first-order valence-electron chi connectivity index (χ1n) is 7.14. The highest BCUT2D eigenvalue weighted by Crippen LogP contribution is 2.30. The first-order valence-corrected chi connectivity index (χ1v) is 7.14. The van der Waals surface area contributed by atoms with Crippen molar-refractivity contribution in [2.75, 3.05) is 11.6 Å². The van der Waals surface area contributed by atoms with Crippen LogP contribution >= 0.6 is 0 Å². The summed E-state index contributed by atoms with van der Waals surface area (Å²) in [6.07, 6.45) is 0. The third-order valence-corrected chi connectivity index (χ3v) is 3.77. The standard InChI is InChI=1S/C18H20N2/c1-13(2)20-12-19-18(15-7-5-4-6-8-15)16-10-9-14(3)11-17(16)20/h4-11,13H,12H2,1-3H3. The van der Waals surface area contributed by atoms with Gasteiger partial charge in [-0.3, -0.25) is 4.99 Å². The lowest BCUT2D eigenvalue weighted by Crippen LogP contribution is -2.35. The van der Waals surface area contributed by atoms with Gasteiger partial charge in [-0.15, -0.1) is 0 Å². The van der Waals surface area contributed by atoms with Crippen LogP contribution in [0.2, 0.25) is 0 Å². The summed E-state index contributed by atoms with van der Waals surface area (Å²) in [4.78, 5) is 7.17. The van der Waals surface area contributed by atoms with Crippen LogP contribution in [0.5, 0.6) is 0 Å². The van der Waals surface area contributed by atoms with Crippen molar-refractivity contribution in [1.29, 1.82) is 0 Å². The normalized spacial score (nSPS) is 14.2. The predicted octanol–water partition coefficient (Wildman–Crippen LogP) is 4.02. The van der Waals surface area contributed by atoms with E-state index in [1.807, 2.05) is 6.07 Å². The van der Waals surface area contributed by atoms with Crippen LogP contribution in [0, 0.1) is 6.92 Å². The number of hydrogen-bond acceptors (Lipinski definition) is 2. The van der Waals surface area contributed by atoms with Gasteiger partial charge in [0.25, 0.3) is 0 Å². The Kier molecular flexibility index (Phi) is 3.31. The predicted molar refractivity (Wildman–Crippen MR) is 85.7 cm³/mol. The average Bonchev–Trinajstić information content (AvgIpc) is 2.46. The highest BCUT2D eigenvalue weighted by atomic mass is 15.2. The van der Waals surface area contributed by atoms with E-state index in [9.17, 15) is 0 Å². The number of fused-ring (bicyclic) bond motifs is 1. The van der Waals surface area contributed by atoms with Crippen molar-refractivity contribution in [3.63, 3.8) is 0 Å². The Labute approximate surface area is 120 Å². The van der Waals surface area contributed by atoms with Crippen LogP contribution in [-0.4, -0.2) is 18.4 Å². The number of benzene rings is 2. The lowest BCUT2D eigenvalue weighted by atomic mass is 9.97. The van der Waals surface area contributed by atoms with Crippen LogP contribution in [0.4, 0.5) is 5.69 Å². The number of rotatable bonds is 2. The van der Waals surface area contributed by atoms with Gasteiger partial charge in [-0.2, -0.15) is 0 Å². The van der Waals surface area contributed by atoms with Crippen LogP contribution < -0.4 is 4.90 Å². The second-order valence-electron chi connectivity index (χ2n) is 5.60. The Balaban J connectivity index is 2.13. The molecule has 3 rings (SSSR count). The largest absolute Gasteiger partial charge is 0.349 e. The molecule has 0 aromatic heterocycles. The van der Waals surface area contributed by atoms with Crippen molar-refractivity contribution >= 4 is 11.4 Å². The van der Waals surface area contributed by atoms with E-state index in [1.54, 1.807) is 0 Å². The highest BCUT2D eigenvalue weighted by molar-refractivity contribution is 6.16. The van der Waals surface area contributed by atoms with Crippen molar-refractivity contribution in [2.24, 2.45) is 4.99 Å². The number of aliphatic imine (C=N–C) groups is 1. The topological polar surface area (TPSA) is 15.6 Å². The maximum absolute atomic E-state index is 4.82. The quantitative estimate of drug-likeness (QED) is 0.800. The molecule has 0 radical (unpaired) electrons. The molecule has 2 nitrogen and oxygen atoms in total. The van der Waals surface area contributed by atoms with Crippen LogP contribution in [0.1, 0.15) is 30.5 Å². The zero-order valence-electron chi connectivity index (χ0n) is 12.3. The van der Waals surface area contributed by atoms with Crippen LogP contribution in [0.15, 0.2) is 53.5 Å². The lowest BCUT2D eigenvalue weighted by molar-refractivity contribution is 0.687. The summed E-state index contributed by atoms with van der Waals surface area (Å²) < 4.78 is 0. The molecule has 0 saturated heterocycles. The van der Waals surface area contributed by atoms with E-state index >= 15 is 0 Å². The monoisotopic (exact) mass is 264 g/mol. The van der Waals surface area contributed by atoms with Crippen LogP contribution in [-0.2, 0) is 0 Å². The second kappa shape index (κ2) is 5.12. The molecular weight excluding hydrogens is 244 g/mol. The van der Waals surface area contributed by atoms with E-state index in [4.69, 9.17) is 4.99 Å². The zero-order valence-corrected chi connectivity index (χ0v) is 12.3. The minimum absolute atomic E-state index is 0.455. The SMILES string of the molecule is Cc1ccc2c(c1)N(C(C)C)CN=C2c1ccccc1. The highest BCUT2D eigenvalue weighted by Gasteiger charge is 2.22. The van der Waals surface area contributed by atoms with Gasteiger partial charge in [-0.05, 0) is 32.4 Å².